The summed E-state index contributed by atoms with van der Waals surface area (Å²) < 4.78 is 0. The van der Waals surface area contributed by atoms with Crippen LogP contribution < -0.4 is 21.3 Å². The van der Waals surface area contributed by atoms with Crippen molar-refractivity contribution in [2.45, 2.75) is 37.8 Å². The number of aliphatic imine (C=N–C) groups is 2. The zero-order valence-corrected chi connectivity index (χ0v) is 15.1. The Hall–Kier alpha value is -2.77. The molecule has 8 heteroatoms. The van der Waals surface area contributed by atoms with Crippen LogP contribution in [0.3, 0.4) is 0 Å². The molecule has 4 N–H and O–H groups in total. The minimum absolute atomic E-state index is 0.0259. The summed E-state index contributed by atoms with van der Waals surface area (Å²) in [6.45, 7) is 1.44. The summed E-state index contributed by atoms with van der Waals surface area (Å²) >= 11 is 0. The molecule has 1 saturated carbocycles. The first-order chi connectivity index (χ1) is 12.5. The van der Waals surface area contributed by atoms with Crippen LogP contribution in [0.5, 0.6) is 0 Å². The predicted molar refractivity (Wildman–Crippen MR) is 103 cm³/mol. The van der Waals surface area contributed by atoms with Crippen molar-refractivity contribution >= 4 is 29.3 Å². The topological polar surface area (TPSA) is 104 Å². The Labute approximate surface area is 153 Å². The van der Waals surface area contributed by atoms with Crippen molar-refractivity contribution in [3.05, 3.63) is 24.3 Å². The fourth-order valence-electron chi connectivity index (χ4n) is 4.16. The van der Waals surface area contributed by atoms with Gasteiger partial charge >= 0.3 is 6.03 Å². The average molecular weight is 355 g/mol. The molecule has 2 amide bonds. The molecule has 4 rings (SSSR count). The molecule has 0 unspecified atom stereocenters. The third kappa shape index (κ3) is 2.65. The van der Waals surface area contributed by atoms with E-state index in [9.17, 15) is 4.79 Å². The molecule has 1 saturated heterocycles. The van der Waals surface area contributed by atoms with Crippen LogP contribution in [0.2, 0.25) is 0 Å². The maximum Gasteiger partial charge on any atom is 0.324 e. The Balaban J connectivity index is 1.65. The molecule has 2 heterocycles. The number of anilines is 2. The first-order valence-corrected chi connectivity index (χ1v) is 9.13. The lowest BCUT2D eigenvalue weighted by Gasteiger charge is -2.45. The highest BCUT2D eigenvalue weighted by Gasteiger charge is 2.42. The van der Waals surface area contributed by atoms with Gasteiger partial charge in [-0.05, 0) is 49.9 Å². The predicted octanol–water partition coefficient (Wildman–Crippen LogP) is 1.67. The largest absolute Gasteiger partial charge is 0.369 e. The SMILES string of the molecule is CN1CCN(c2ccc(N3C(N)=NC(N)=NC34CCCCC4)cc2)C1=O. The van der Waals surface area contributed by atoms with Gasteiger partial charge in [-0.1, -0.05) is 6.42 Å². The molecule has 2 aliphatic heterocycles. The van der Waals surface area contributed by atoms with E-state index < -0.39 is 5.66 Å². The number of nitrogens with two attached hydrogens (primary N) is 2. The van der Waals surface area contributed by atoms with Crippen molar-refractivity contribution in [1.82, 2.24) is 4.90 Å². The molecule has 1 aromatic rings. The second-order valence-corrected chi connectivity index (χ2v) is 7.19. The number of benzene rings is 1. The molecule has 1 spiro atoms. The van der Waals surface area contributed by atoms with Crippen LogP contribution in [0, 0.1) is 0 Å². The summed E-state index contributed by atoms with van der Waals surface area (Å²) in [5.41, 5.74) is 13.5. The highest BCUT2D eigenvalue weighted by Crippen LogP contribution is 2.39. The molecule has 1 aromatic carbocycles. The van der Waals surface area contributed by atoms with Gasteiger partial charge in [0.25, 0.3) is 0 Å². The Morgan fingerprint density at radius 2 is 1.65 bits per heavy atom. The average Bonchev–Trinajstić information content (AvgIpc) is 2.95. The van der Waals surface area contributed by atoms with Gasteiger partial charge in [0, 0.05) is 31.5 Å². The zero-order valence-electron chi connectivity index (χ0n) is 15.1. The zero-order chi connectivity index (χ0) is 18.3. The number of carbonyl (C=O) groups is 1. The van der Waals surface area contributed by atoms with Gasteiger partial charge in [-0.2, -0.15) is 4.99 Å². The Morgan fingerprint density at radius 3 is 2.27 bits per heavy atom. The first kappa shape index (κ1) is 16.7. The van der Waals surface area contributed by atoms with Crippen LogP contribution in [0.25, 0.3) is 0 Å². The van der Waals surface area contributed by atoms with E-state index in [-0.39, 0.29) is 12.0 Å². The number of carbonyl (C=O) groups excluding carboxylic acids is 1. The van der Waals surface area contributed by atoms with Crippen LogP contribution in [0.15, 0.2) is 34.3 Å². The van der Waals surface area contributed by atoms with Gasteiger partial charge in [0.1, 0.15) is 5.66 Å². The van der Waals surface area contributed by atoms with Gasteiger partial charge in [0.05, 0.1) is 0 Å². The number of likely N-dealkylation sites (N-methyl/N-ethyl adjacent to an activating group) is 1. The molecule has 138 valence electrons. The second kappa shape index (κ2) is 6.19. The number of hydrogen-bond donors (Lipinski definition) is 2. The fourth-order valence-corrected chi connectivity index (χ4v) is 4.16. The summed E-state index contributed by atoms with van der Waals surface area (Å²) in [7, 11) is 1.82. The minimum Gasteiger partial charge on any atom is -0.369 e. The van der Waals surface area contributed by atoms with E-state index in [0.29, 0.717) is 12.5 Å². The Bertz CT molecular complexity index is 764. The lowest BCUT2D eigenvalue weighted by Crippen LogP contribution is -2.58. The van der Waals surface area contributed by atoms with E-state index in [1.165, 1.54) is 6.42 Å². The first-order valence-electron chi connectivity index (χ1n) is 9.13. The lowest BCUT2D eigenvalue weighted by molar-refractivity contribution is 0.229. The molecule has 0 radical (unpaired) electrons. The van der Waals surface area contributed by atoms with Crippen molar-refractivity contribution in [2.75, 3.05) is 29.9 Å². The summed E-state index contributed by atoms with van der Waals surface area (Å²) in [5, 5.41) is 0. The second-order valence-electron chi connectivity index (χ2n) is 7.19. The van der Waals surface area contributed by atoms with Crippen LogP contribution in [0.1, 0.15) is 32.1 Å². The van der Waals surface area contributed by atoms with Gasteiger partial charge in [-0.25, -0.2) is 9.79 Å². The molecular weight excluding hydrogens is 330 g/mol. The number of nitrogens with zero attached hydrogens (tertiary/aromatic N) is 5. The van der Waals surface area contributed by atoms with Gasteiger partial charge < -0.3 is 16.4 Å². The molecule has 0 aromatic heterocycles. The smallest absolute Gasteiger partial charge is 0.324 e. The van der Waals surface area contributed by atoms with Gasteiger partial charge in [-0.15, -0.1) is 0 Å². The van der Waals surface area contributed by atoms with E-state index in [4.69, 9.17) is 11.5 Å². The summed E-state index contributed by atoms with van der Waals surface area (Å²) in [6.07, 6.45) is 5.19. The summed E-state index contributed by atoms with van der Waals surface area (Å²) in [6, 6.07) is 7.90. The number of hydrogen-bond acceptors (Lipinski definition) is 6. The van der Waals surface area contributed by atoms with Gasteiger partial charge in [0.2, 0.25) is 11.9 Å². The van der Waals surface area contributed by atoms with Crippen molar-refractivity contribution in [1.29, 1.82) is 0 Å². The number of urea groups is 1. The fraction of sp³-hybridized carbons (Fsp3) is 0.500. The van der Waals surface area contributed by atoms with Crippen LogP contribution >= 0.6 is 0 Å². The van der Waals surface area contributed by atoms with Gasteiger partial charge in [0.15, 0.2) is 0 Å². The number of rotatable bonds is 2. The van der Waals surface area contributed by atoms with Crippen LogP contribution in [-0.4, -0.2) is 48.7 Å². The highest BCUT2D eigenvalue weighted by molar-refractivity contribution is 6.05. The molecule has 2 fully saturated rings. The summed E-state index contributed by atoms with van der Waals surface area (Å²) in [4.78, 5) is 26.6. The number of amides is 2. The third-order valence-electron chi connectivity index (χ3n) is 5.49. The quantitative estimate of drug-likeness (QED) is 0.842. The molecule has 0 atom stereocenters. The van der Waals surface area contributed by atoms with Crippen molar-refractivity contribution < 1.29 is 4.79 Å². The van der Waals surface area contributed by atoms with E-state index in [1.807, 2.05) is 36.2 Å². The van der Waals surface area contributed by atoms with E-state index >= 15 is 0 Å². The maximum absolute atomic E-state index is 12.2. The molecule has 0 bridgehead atoms. The van der Waals surface area contributed by atoms with Crippen molar-refractivity contribution in [3.63, 3.8) is 0 Å². The molecular formula is C18H25N7O. The van der Waals surface area contributed by atoms with E-state index in [2.05, 4.69) is 9.98 Å². The van der Waals surface area contributed by atoms with Crippen molar-refractivity contribution in [2.24, 2.45) is 21.5 Å². The highest BCUT2D eigenvalue weighted by atomic mass is 16.2. The van der Waals surface area contributed by atoms with Gasteiger partial charge in [-0.3, -0.25) is 9.80 Å². The van der Waals surface area contributed by atoms with E-state index in [1.54, 1.807) is 9.80 Å². The number of guanidine groups is 2. The summed E-state index contributed by atoms with van der Waals surface area (Å²) in [5.74, 6) is 0.632. The molecule has 8 nitrogen and oxygen atoms in total. The Kier molecular flexibility index (Phi) is 3.97. The molecule has 26 heavy (non-hydrogen) atoms. The molecule has 3 aliphatic rings. The van der Waals surface area contributed by atoms with Crippen LogP contribution in [-0.2, 0) is 0 Å². The van der Waals surface area contributed by atoms with Crippen LogP contribution in [0.4, 0.5) is 16.2 Å². The molecule has 1 aliphatic carbocycles. The van der Waals surface area contributed by atoms with E-state index in [0.717, 1.165) is 43.6 Å². The normalized spacial score (nSPS) is 22.7. The maximum atomic E-state index is 12.2. The van der Waals surface area contributed by atoms with Crippen molar-refractivity contribution in [3.8, 4) is 0 Å². The third-order valence-corrected chi connectivity index (χ3v) is 5.49. The Morgan fingerprint density at radius 1 is 1.00 bits per heavy atom. The lowest BCUT2D eigenvalue weighted by atomic mass is 9.87. The monoisotopic (exact) mass is 355 g/mol. The standard InChI is InChI=1S/C18H25N7O/c1-23-11-12-24(17(23)26)13-5-7-14(8-6-13)25-16(20)21-15(19)22-18(25)9-3-2-4-10-18/h5-8H,2-4,9-12H2,1H3,(H4,19,20,21,22). The minimum atomic E-state index is -0.445.